The van der Waals surface area contributed by atoms with Gasteiger partial charge in [0.05, 0.1) is 22.1 Å². The van der Waals surface area contributed by atoms with Gasteiger partial charge in [-0.25, -0.2) is 0 Å². The van der Waals surface area contributed by atoms with Gasteiger partial charge in [-0.3, -0.25) is 9.35 Å². The average molecular weight is 414 g/mol. The van der Waals surface area contributed by atoms with E-state index in [1.54, 1.807) is 12.1 Å². The summed E-state index contributed by atoms with van der Waals surface area (Å²) in [6, 6.07) is 11.7. The quantitative estimate of drug-likeness (QED) is 0.558. The number of hydrogen-bond donors (Lipinski definition) is 1. The summed E-state index contributed by atoms with van der Waals surface area (Å²) >= 11 is 0. The first-order valence-corrected chi connectivity index (χ1v) is 9.73. The molecule has 0 fully saturated rings. The first kappa shape index (κ1) is 20.2. The van der Waals surface area contributed by atoms with Crippen LogP contribution in [0, 0.1) is 0 Å². The van der Waals surface area contributed by atoms with E-state index in [0.717, 1.165) is 22.8 Å². The molecule has 150 valence electrons. The largest absolute Gasteiger partial charge is 0.543 e. The van der Waals surface area contributed by atoms with Gasteiger partial charge in [-0.2, -0.15) is 18.5 Å². The molecule has 0 spiro atoms. The molecule has 10 heteroatoms. The zero-order valence-corrected chi connectivity index (χ0v) is 16.3. The van der Waals surface area contributed by atoms with Crippen LogP contribution in [0.25, 0.3) is 6.08 Å². The van der Waals surface area contributed by atoms with Crippen molar-refractivity contribution < 1.29 is 27.7 Å². The van der Waals surface area contributed by atoms with Crippen LogP contribution in [-0.2, 0) is 19.7 Å². The Hall–Kier alpha value is -3.50. The van der Waals surface area contributed by atoms with Gasteiger partial charge in [0, 0.05) is 19.8 Å². The van der Waals surface area contributed by atoms with Gasteiger partial charge in [0.1, 0.15) is 5.71 Å². The Labute approximate surface area is 166 Å². The van der Waals surface area contributed by atoms with Crippen molar-refractivity contribution in [1.82, 2.24) is 0 Å². The first-order valence-electron chi connectivity index (χ1n) is 8.29. The first-order chi connectivity index (χ1) is 13.6. The molecule has 0 unspecified atom stereocenters. The number of aliphatic carboxylic acids is 1. The third-order valence-electron chi connectivity index (χ3n) is 4.17. The molecule has 29 heavy (non-hydrogen) atoms. The lowest BCUT2D eigenvalue weighted by atomic mass is 10.1. The minimum atomic E-state index is -4.40. The van der Waals surface area contributed by atoms with Crippen LogP contribution in [0.3, 0.4) is 0 Å². The standard InChI is InChI=1S/C19H17N3O6S/c1-21(2)13-5-3-12(4-6-13)11-16-17(19(24)25)20-22(18(16)23)14-7-9-15(10-8-14)29(26,27)28/h3-11H,1-2H3,(H,24,25)(H,26,27,28)/p-1/b16-11-. The Bertz CT molecular complexity index is 1130. The highest BCUT2D eigenvalue weighted by atomic mass is 32.2. The number of carboxylic acid groups (broad SMARTS) is 1. The van der Waals surface area contributed by atoms with Crippen LogP contribution < -0.4 is 15.0 Å². The summed E-state index contributed by atoms with van der Waals surface area (Å²) in [5.41, 5.74) is 0.954. The van der Waals surface area contributed by atoms with Gasteiger partial charge in [0.15, 0.2) is 0 Å². The minimum absolute atomic E-state index is 0.132. The van der Waals surface area contributed by atoms with Crippen LogP contribution in [0.4, 0.5) is 11.4 Å². The highest BCUT2D eigenvalue weighted by molar-refractivity contribution is 7.85. The summed E-state index contributed by atoms with van der Waals surface area (Å²) in [4.78, 5) is 25.8. The smallest absolute Gasteiger partial charge is 0.294 e. The van der Waals surface area contributed by atoms with Gasteiger partial charge < -0.3 is 14.8 Å². The molecule has 1 heterocycles. The third-order valence-corrected chi connectivity index (χ3v) is 5.04. The highest BCUT2D eigenvalue weighted by Gasteiger charge is 2.32. The van der Waals surface area contributed by atoms with Gasteiger partial charge in [-0.05, 0) is 48.0 Å². The maximum Gasteiger partial charge on any atom is 0.294 e. The van der Waals surface area contributed by atoms with Crippen molar-refractivity contribution in [2.75, 3.05) is 24.0 Å². The molecule has 1 aliphatic rings. The van der Waals surface area contributed by atoms with E-state index in [-0.39, 0.29) is 16.2 Å². The molecular weight excluding hydrogens is 398 g/mol. The number of hydrazone groups is 1. The van der Waals surface area contributed by atoms with Gasteiger partial charge >= 0.3 is 0 Å². The van der Waals surface area contributed by atoms with E-state index in [9.17, 15) is 23.1 Å². The summed E-state index contributed by atoms with van der Waals surface area (Å²) in [5, 5.41) is 16.1. The summed E-state index contributed by atoms with van der Waals surface area (Å²) in [6.07, 6.45) is 1.39. The molecule has 1 N–H and O–H groups in total. The van der Waals surface area contributed by atoms with Crippen molar-refractivity contribution in [3.05, 3.63) is 59.7 Å². The zero-order valence-electron chi connectivity index (χ0n) is 15.4. The summed E-state index contributed by atoms with van der Waals surface area (Å²) in [5.74, 6) is -2.33. The normalized spacial score (nSPS) is 15.6. The predicted octanol–water partition coefficient (Wildman–Crippen LogP) is 0.535. The maximum absolute atomic E-state index is 12.8. The predicted molar refractivity (Wildman–Crippen MR) is 105 cm³/mol. The molecule has 1 aliphatic heterocycles. The van der Waals surface area contributed by atoms with Crippen molar-refractivity contribution in [3.8, 4) is 0 Å². The lowest BCUT2D eigenvalue weighted by molar-refractivity contribution is -0.294. The van der Waals surface area contributed by atoms with Gasteiger partial charge in [-0.15, -0.1) is 0 Å². The van der Waals surface area contributed by atoms with Gasteiger partial charge in [0.25, 0.3) is 16.0 Å². The number of rotatable bonds is 5. The SMILES string of the molecule is CN(C)c1ccc(/C=C2\C(=O)N(c3ccc(S(=O)(=O)O)cc3)N=C2C(=O)[O-])cc1. The lowest BCUT2D eigenvalue weighted by Crippen LogP contribution is -2.32. The molecule has 0 saturated carbocycles. The molecule has 0 aromatic heterocycles. The van der Waals surface area contributed by atoms with Crippen molar-refractivity contribution in [2.45, 2.75) is 4.90 Å². The number of carbonyl (C=O) groups excluding carboxylic acids is 2. The maximum atomic E-state index is 12.8. The van der Waals surface area contributed by atoms with Crippen molar-refractivity contribution in [2.24, 2.45) is 5.10 Å². The number of benzene rings is 2. The minimum Gasteiger partial charge on any atom is -0.543 e. The highest BCUT2D eigenvalue weighted by Crippen LogP contribution is 2.26. The number of hydrogen-bond acceptors (Lipinski definition) is 7. The molecule has 2 aromatic rings. The Morgan fingerprint density at radius 3 is 2.17 bits per heavy atom. The molecule has 3 rings (SSSR count). The molecule has 0 bridgehead atoms. The van der Waals surface area contributed by atoms with Crippen LogP contribution in [0.2, 0.25) is 0 Å². The van der Waals surface area contributed by atoms with Crippen LogP contribution in [0.1, 0.15) is 5.56 Å². The summed E-state index contributed by atoms with van der Waals surface area (Å²) in [7, 11) is -0.650. The molecule has 0 atom stereocenters. The van der Waals surface area contributed by atoms with Crippen molar-refractivity contribution in [3.63, 3.8) is 0 Å². The number of nitrogens with zero attached hydrogens (tertiary/aromatic N) is 3. The molecule has 1 amide bonds. The fraction of sp³-hybridized carbons (Fsp3) is 0.105. The number of carboxylic acids is 1. The molecule has 0 radical (unpaired) electrons. The van der Waals surface area contributed by atoms with Gasteiger partial charge in [0.2, 0.25) is 0 Å². The second-order valence-electron chi connectivity index (χ2n) is 6.37. The van der Waals surface area contributed by atoms with Crippen LogP contribution in [0.15, 0.2) is 64.1 Å². The van der Waals surface area contributed by atoms with Crippen molar-refractivity contribution in [1.29, 1.82) is 0 Å². The molecule has 2 aromatic carbocycles. The summed E-state index contributed by atoms with van der Waals surface area (Å²) in [6.45, 7) is 0. The van der Waals surface area contributed by atoms with E-state index in [1.165, 1.54) is 18.2 Å². The lowest BCUT2D eigenvalue weighted by Gasteiger charge is -2.12. The van der Waals surface area contributed by atoms with Crippen molar-refractivity contribution >= 4 is 45.2 Å². The second kappa shape index (κ2) is 7.49. The van der Waals surface area contributed by atoms with E-state index < -0.39 is 27.7 Å². The third kappa shape index (κ3) is 4.18. The van der Waals surface area contributed by atoms with Gasteiger partial charge in [-0.1, -0.05) is 12.1 Å². The number of carbonyl (C=O) groups is 2. The van der Waals surface area contributed by atoms with E-state index >= 15 is 0 Å². The second-order valence-corrected chi connectivity index (χ2v) is 7.79. The van der Waals surface area contributed by atoms with E-state index in [0.29, 0.717) is 5.56 Å². The van der Waals surface area contributed by atoms with E-state index in [1.807, 2.05) is 31.1 Å². The average Bonchev–Trinajstić information content (AvgIpc) is 2.98. The van der Waals surface area contributed by atoms with Crippen LogP contribution in [-0.4, -0.2) is 44.7 Å². The molecular formula is C19H16N3O6S-. The Morgan fingerprint density at radius 2 is 1.69 bits per heavy atom. The fourth-order valence-corrected chi connectivity index (χ4v) is 3.15. The number of anilines is 2. The molecule has 9 nitrogen and oxygen atoms in total. The van der Waals surface area contributed by atoms with E-state index in [2.05, 4.69) is 5.10 Å². The fourth-order valence-electron chi connectivity index (χ4n) is 2.67. The Kier molecular flexibility index (Phi) is 5.23. The monoisotopic (exact) mass is 414 g/mol. The topological polar surface area (TPSA) is 130 Å². The molecule has 0 saturated heterocycles. The van der Waals surface area contributed by atoms with Crippen LogP contribution in [0.5, 0.6) is 0 Å². The number of amides is 1. The van der Waals surface area contributed by atoms with E-state index in [4.69, 9.17) is 4.55 Å². The Morgan fingerprint density at radius 1 is 1.10 bits per heavy atom. The molecule has 0 aliphatic carbocycles. The summed E-state index contributed by atoms with van der Waals surface area (Å²) < 4.78 is 31.3. The zero-order chi connectivity index (χ0) is 21.3. The Balaban J connectivity index is 1.97. The van der Waals surface area contributed by atoms with Crippen LogP contribution >= 0.6 is 0 Å².